The van der Waals surface area contributed by atoms with Gasteiger partial charge in [0, 0.05) is 6.08 Å². The summed E-state index contributed by atoms with van der Waals surface area (Å²) in [6.45, 7) is 0. The molecule has 4 heteroatoms. The van der Waals surface area contributed by atoms with E-state index < -0.39 is 0 Å². The molecular formula is C6H4N3O+. The van der Waals surface area contributed by atoms with Crippen molar-refractivity contribution in [3.63, 3.8) is 0 Å². The van der Waals surface area contributed by atoms with Gasteiger partial charge in [0.05, 0.1) is 0 Å². The van der Waals surface area contributed by atoms with Crippen molar-refractivity contribution in [1.29, 1.82) is 0 Å². The summed E-state index contributed by atoms with van der Waals surface area (Å²) < 4.78 is 0. The summed E-state index contributed by atoms with van der Waals surface area (Å²) in [4.78, 5) is 0. The Morgan fingerprint density at radius 3 is 3.20 bits per heavy atom. The van der Waals surface area contributed by atoms with Crippen LogP contribution < -0.4 is 0 Å². The molecule has 0 aromatic carbocycles. The third kappa shape index (κ3) is 0.535. The Labute approximate surface area is 56.9 Å². The van der Waals surface area contributed by atoms with Crippen LogP contribution in [0.5, 0.6) is 0 Å². The molecule has 0 spiro atoms. The van der Waals surface area contributed by atoms with Gasteiger partial charge in [-0.1, -0.05) is 5.10 Å². The van der Waals surface area contributed by atoms with Crippen molar-refractivity contribution in [3.8, 4) is 0 Å². The smallest absolute Gasteiger partial charge is 0.265 e. The molecule has 48 valence electrons. The van der Waals surface area contributed by atoms with Crippen LogP contribution in [-0.2, 0) is 0 Å². The molecule has 1 aliphatic rings. The van der Waals surface area contributed by atoms with E-state index >= 15 is 0 Å². The maximum atomic E-state index is 9.11. The Morgan fingerprint density at radius 1 is 1.50 bits per heavy atom. The molecule has 2 N–H and O–H groups in total. The number of aromatic nitrogens is 3. The number of hydrogen-bond acceptors (Lipinski definition) is 3. The second-order valence-corrected chi connectivity index (χ2v) is 1.90. The maximum Gasteiger partial charge on any atom is 0.265 e. The Balaban J connectivity index is 2.67. The standard InChI is InChI=1S/C6H3N3O/c10-5-3-1-2-4-6(5)8-9-7-4/h2-3H,(H-,7,8,9,10)/p+1. The number of nitrogens with one attached hydrogen (secondary N) is 1. The minimum absolute atomic E-state index is 0.103. The first-order valence-corrected chi connectivity index (χ1v) is 2.77. The monoisotopic (exact) mass is 134 g/mol. The van der Waals surface area contributed by atoms with Crippen molar-refractivity contribution in [3.05, 3.63) is 23.5 Å². The Bertz CT molecular complexity index is 311. The van der Waals surface area contributed by atoms with E-state index in [1.807, 2.05) is 0 Å². The zero-order chi connectivity index (χ0) is 6.97. The van der Waals surface area contributed by atoms with Gasteiger partial charge in [0.25, 0.3) is 11.5 Å². The summed E-state index contributed by atoms with van der Waals surface area (Å²) in [5.41, 5.74) is 1.11. The van der Waals surface area contributed by atoms with E-state index in [1.165, 1.54) is 6.08 Å². The van der Waals surface area contributed by atoms with Crippen LogP contribution in [0.25, 0.3) is 11.8 Å². The largest absolute Gasteiger partial charge is 0.446 e. The molecule has 2 rings (SSSR count). The number of allylic oxidation sites excluding steroid dienone is 2. The molecule has 0 unspecified atom stereocenters. The molecule has 1 aromatic rings. The number of aliphatic hydroxyl groups is 1. The second-order valence-electron chi connectivity index (χ2n) is 1.90. The highest BCUT2D eigenvalue weighted by Crippen LogP contribution is 2.16. The van der Waals surface area contributed by atoms with Crippen LogP contribution in [0.2, 0.25) is 0 Å². The summed E-state index contributed by atoms with van der Waals surface area (Å²) in [5, 5.41) is 19.0. The van der Waals surface area contributed by atoms with E-state index in [4.69, 9.17) is 5.11 Å². The van der Waals surface area contributed by atoms with Gasteiger partial charge in [-0.05, 0) is 0 Å². The summed E-state index contributed by atoms with van der Waals surface area (Å²) >= 11 is 0. The molecule has 0 aliphatic heterocycles. The average Bonchev–Trinajstić information content (AvgIpc) is 2.36. The normalized spacial score (nSPS) is 13.8. The van der Waals surface area contributed by atoms with Gasteiger partial charge in [0.2, 0.25) is 5.69 Å². The highest BCUT2D eigenvalue weighted by atomic mass is 16.3. The van der Waals surface area contributed by atoms with Crippen molar-refractivity contribution < 1.29 is 5.11 Å². The highest BCUT2D eigenvalue weighted by molar-refractivity contribution is 5.69. The number of nitrogens with zero attached hydrogens (tertiary/aromatic N) is 2. The van der Waals surface area contributed by atoms with Crippen molar-refractivity contribution in [2.24, 2.45) is 0 Å². The fraction of sp³-hybridized carbons (Fsp3) is 0. The number of hydrogen-bond donors (Lipinski definition) is 2. The predicted molar refractivity (Wildman–Crippen MR) is 34.7 cm³/mol. The lowest BCUT2D eigenvalue weighted by Gasteiger charge is -1.85. The molecule has 1 heterocycles. The van der Waals surface area contributed by atoms with Crippen LogP contribution in [-0.4, -0.2) is 20.5 Å². The minimum atomic E-state index is 0.103. The van der Waals surface area contributed by atoms with Gasteiger partial charge >= 0.3 is 0 Å². The SMILES string of the molecule is OC1=C[C+]=Cc2n[nH]nc21. The number of aromatic amines is 1. The lowest BCUT2D eigenvalue weighted by atomic mass is 10.2. The fourth-order valence-corrected chi connectivity index (χ4v) is 0.796. The quantitative estimate of drug-likeness (QED) is 0.509. The summed E-state index contributed by atoms with van der Waals surface area (Å²) in [6.07, 6.45) is 5.82. The molecular weight excluding hydrogens is 130 g/mol. The van der Waals surface area contributed by atoms with Crippen LogP contribution in [0.1, 0.15) is 11.4 Å². The van der Waals surface area contributed by atoms with Gasteiger partial charge in [-0.2, -0.15) is 5.21 Å². The molecule has 0 radical (unpaired) electrons. The molecule has 1 aromatic heterocycles. The van der Waals surface area contributed by atoms with Crippen molar-refractivity contribution >= 4 is 11.8 Å². The van der Waals surface area contributed by atoms with E-state index in [0.717, 1.165) is 0 Å². The van der Waals surface area contributed by atoms with Crippen LogP contribution in [0.4, 0.5) is 0 Å². The number of aliphatic hydroxyl groups excluding tert-OH is 1. The summed E-state index contributed by atoms with van der Waals surface area (Å²) in [7, 11) is 0. The minimum Gasteiger partial charge on any atom is -0.446 e. The van der Waals surface area contributed by atoms with Gasteiger partial charge in [-0.15, -0.1) is 5.10 Å². The zero-order valence-corrected chi connectivity index (χ0v) is 5.00. The van der Waals surface area contributed by atoms with E-state index in [9.17, 15) is 0 Å². The molecule has 0 atom stereocenters. The lowest BCUT2D eigenvalue weighted by molar-refractivity contribution is 0.507. The van der Waals surface area contributed by atoms with E-state index in [1.54, 1.807) is 6.08 Å². The molecule has 0 bridgehead atoms. The molecule has 4 nitrogen and oxygen atoms in total. The average molecular weight is 134 g/mol. The van der Waals surface area contributed by atoms with Crippen LogP contribution in [0.15, 0.2) is 6.08 Å². The highest BCUT2D eigenvalue weighted by Gasteiger charge is 2.21. The first kappa shape index (κ1) is 5.14. The first-order chi connectivity index (χ1) is 4.88. The molecule has 0 saturated heterocycles. The maximum absolute atomic E-state index is 9.11. The molecule has 0 fully saturated rings. The Kier molecular flexibility index (Phi) is 0.850. The second kappa shape index (κ2) is 1.65. The van der Waals surface area contributed by atoms with Gasteiger partial charge in [-0.3, -0.25) is 0 Å². The van der Waals surface area contributed by atoms with Crippen LogP contribution in [0, 0.1) is 6.08 Å². The van der Waals surface area contributed by atoms with Crippen LogP contribution in [0.3, 0.4) is 0 Å². The summed E-state index contributed by atoms with van der Waals surface area (Å²) in [6, 6.07) is 0. The Hall–Kier alpha value is -1.67. The van der Waals surface area contributed by atoms with Gasteiger partial charge in [-0.25, -0.2) is 0 Å². The van der Waals surface area contributed by atoms with Gasteiger partial charge in [0.1, 0.15) is 12.2 Å². The number of rotatable bonds is 0. The third-order valence-corrected chi connectivity index (χ3v) is 1.26. The molecule has 0 saturated carbocycles. The number of fused-ring (bicyclic) bond motifs is 1. The van der Waals surface area contributed by atoms with Gasteiger partial charge < -0.3 is 5.11 Å². The topological polar surface area (TPSA) is 61.8 Å². The number of H-pyrrole nitrogens is 1. The van der Waals surface area contributed by atoms with Crippen molar-refractivity contribution in [1.82, 2.24) is 15.4 Å². The molecule has 1 aliphatic carbocycles. The third-order valence-electron chi connectivity index (χ3n) is 1.26. The predicted octanol–water partition coefficient (Wildman–Crippen LogP) is 0.534. The van der Waals surface area contributed by atoms with Crippen LogP contribution >= 0.6 is 0 Å². The Morgan fingerprint density at radius 2 is 2.40 bits per heavy atom. The van der Waals surface area contributed by atoms with E-state index in [2.05, 4.69) is 21.5 Å². The van der Waals surface area contributed by atoms with E-state index in [0.29, 0.717) is 11.4 Å². The summed E-state index contributed by atoms with van der Waals surface area (Å²) in [5.74, 6) is 0.103. The fourth-order valence-electron chi connectivity index (χ4n) is 0.796. The zero-order valence-electron chi connectivity index (χ0n) is 5.00. The van der Waals surface area contributed by atoms with E-state index in [-0.39, 0.29) is 5.76 Å². The van der Waals surface area contributed by atoms with Crippen molar-refractivity contribution in [2.45, 2.75) is 0 Å². The molecule has 10 heavy (non-hydrogen) atoms. The first-order valence-electron chi connectivity index (χ1n) is 2.77. The van der Waals surface area contributed by atoms with Gasteiger partial charge in [0.15, 0.2) is 0 Å². The van der Waals surface area contributed by atoms with Crippen molar-refractivity contribution in [2.75, 3.05) is 0 Å². The molecule has 0 amide bonds. The lowest BCUT2D eigenvalue weighted by Crippen LogP contribution is -1.89.